The molecule has 0 heteroatoms. The zero-order valence-electron chi connectivity index (χ0n) is 64.1. The summed E-state index contributed by atoms with van der Waals surface area (Å²) in [5.41, 5.74) is 30.8. The van der Waals surface area contributed by atoms with Crippen LogP contribution < -0.4 is 0 Å². The van der Waals surface area contributed by atoms with Gasteiger partial charge < -0.3 is 0 Å². The summed E-state index contributed by atoms with van der Waals surface area (Å²) in [5, 5.41) is 22.8. The fourth-order valence-corrected chi connectivity index (χ4v) is 19.9. The average Bonchev–Trinajstić information content (AvgIpc) is 1.23. The summed E-state index contributed by atoms with van der Waals surface area (Å²) < 4.78 is 0. The maximum Gasteiger partial charge on any atom is 0.0159 e. The predicted molar refractivity (Wildman–Crippen MR) is 489 cm³/mol. The minimum atomic E-state index is -0.0975. The standard InChI is InChI=1S/C59H40.C55H38/c1-59(2)55-25-12-11-21-48(55)49-32-31-42(36-56(49)59)58-51-23-10-9-22-50(51)57(52-33-30-41(35-54(52)58)44-24-13-16-37-14-3-5-17-43(37)44)39-28-26-38(27-29-39)53-34-40-15-4-6-18-45(40)46-19-7-8-20-47(46)53;1-55(2)51-22-11-10-18-45(51)46-29-28-42(34-52(46)55)54-48-20-9-8-19-47(48)53(41-26-25-38-31-37(23-24-39(38)32-41)35-13-4-3-5-14-35)49-30-27-40(33-50(49)54)44-21-12-16-36-15-6-7-17-43(36)44/h3-36H,1-2H3;3-34H,1-2H3. The van der Waals surface area contributed by atoms with Crippen LogP contribution in [0.5, 0.6) is 0 Å². The molecule has 21 aromatic rings. The Labute approximate surface area is 664 Å². The molecule has 0 heterocycles. The third-order valence-electron chi connectivity index (χ3n) is 25.5. The molecule has 23 rings (SSSR count). The second-order valence-corrected chi connectivity index (χ2v) is 32.4. The topological polar surface area (TPSA) is 0 Å². The Balaban J connectivity index is 0.000000139. The lowest BCUT2D eigenvalue weighted by molar-refractivity contribution is 0.660. The molecular formula is C114H78. The van der Waals surface area contributed by atoms with Crippen molar-refractivity contribution < 1.29 is 0 Å². The van der Waals surface area contributed by atoms with Crippen molar-refractivity contribution in [3.8, 4) is 111 Å². The summed E-state index contributed by atoms with van der Waals surface area (Å²) in [7, 11) is 0. The number of hydrogen-bond donors (Lipinski definition) is 0. The highest BCUT2D eigenvalue weighted by Gasteiger charge is 2.37. The van der Waals surface area contributed by atoms with Crippen molar-refractivity contribution >= 4 is 97.0 Å². The molecule has 0 unspecified atom stereocenters. The normalized spacial score (nSPS) is 13.1. The van der Waals surface area contributed by atoms with E-state index in [2.05, 4.69) is 428 Å². The third kappa shape index (κ3) is 10.7. The maximum absolute atomic E-state index is 2.49. The van der Waals surface area contributed by atoms with Crippen LogP contribution in [0, 0.1) is 0 Å². The fraction of sp³-hybridized carbons (Fsp3) is 0.0526. The molecule has 0 amide bonds. The van der Waals surface area contributed by atoms with Gasteiger partial charge in [0.25, 0.3) is 0 Å². The number of hydrogen-bond acceptors (Lipinski definition) is 0. The molecule has 2 aliphatic carbocycles. The summed E-state index contributed by atoms with van der Waals surface area (Å²) in [6.45, 7) is 9.51. The molecular weight excluding hydrogens is 1370 g/mol. The zero-order valence-corrected chi connectivity index (χ0v) is 64.1. The molecule has 0 radical (unpaired) electrons. The molecule has 0 N–H and O–H groups in total. The first-order chi connectivity index (χ1) is 56.1. The molecule has 0 spiro atoms. The quantitative estimate of drug-likeness (QED) is 0.105. The zero-order chi connectivity index (χ0) is 75.9. The van der Waals surface area contributed by atoms with Gasteiger partial charge in [-0.1, -0.05) is 386 Å². The highest BCUT2D eigenvalue weighted by atomic mass is 14.4. The SMILES string of the molecule is CC1(C)c2ccccc2-c2ccc(-c3c4ccccc4c(-c4ccc(-c5cc6ccccc6c6ccccc56)cc4)c4ccc(-c5cccc6ccccc56)cc34)cc21.CC1(C)c2ccccc2-c2ccc(-c3c4ccccc4c(-c4ccc5cc(-c6ccccc6)ccc5c4)c4ccc(-c5cccc6ccccc56)cc34)cc21. The summed E-state index contributed by atoms with van der Waals surface area (Å²) in [5.74, 6) is 0. The Morgan fingerprint density at radius 3 is 0.991 bits per heavy atom. The van der Waals surface area contributed by atoms with Crippen molar-refractivity contribution in [3.63, 3.8) is 0 Å². The van der Waals surface area contributed by atoms with Gasteiger partial charge in [-0.05, 0) is 273 Å². The smallest absolute Gasteiger partial charge is 0.0159 e. The number of benzene rings is 21. The lowest BCUT2D eigenvalue weighted by Gasteiger charge is -2.23. The summed E-state index contributed by atoms with van der Waals surface area (Å²) in [6, 6.07) is 149. The number of fused-ring (bicyclic) bond motifs is 16. The summed E-state index contributed by atoms with van der Waals surface area (Å²) in [6.07, 6.45) is 0. The Bertz CT molecular complexity index is 7560. The fourth-order valence-electron chi connectivity index (χ4n) is 19.9. The van der Waals surface area contributed by atoms with Crippen LogP contribution in [0.4, 0.5) is 0 Å². The van der Waals surface area contributed by atoms with Crippen LogP contribution in [0.2, 0.25) is 0 Å². The van der Waals surface area contributed by atoms with Crippen LogP contribution in [-0.4, -0.2) is 0 Å². The molecule has 2 aliphatic rings. The van der Waals surface area contributed by atoms with Crippen LogP contribution in [0.25, 0.3) is 208 Å². The van der Waals surface area contributed by atoms with Crippen molar-refractivity contribution in [1.29, 1.82) is 0 Å². The van der Waals surface area contributed by atoms with Crippen LogP contribution in [0.1, 0.15) is 49.9 Å². The molecule has 0 aliphatic heterocycles. The molecule has 0 fully saturated rings. The van der Waals surface area contributed by atoms with Crippen LogP contribution >= 0.6 is 0 Å². The van der Waals surface area contributed by atoms with Gasteiger partial charge in [-0.2, -0.15) is 0 Å². The van der Waals surface area contributed by atoms with E-state index in [1.54, 1.807) is 0 Å². The van der Waals surface area contributed by atoms with E-state index in [-0.39, 0.29) is 10.8 Å². The van der Waals surface area contributed by atoms with Gasteiger partial charge in [0.05, 0.1) is 0 Å². The van der Waals surface area contributed by atoms with E-state index < -0.39 is 0 Å². The molecule has 0 bridgehead atoms. The molecule has 0 nitrogen and oxygen atoms in total. The molecule has 0 aromatic heterocycles. The summed E-state index contributed by atoms with van der Waals surface area (Å²) in [4.78, 5) is 0. The van der Waals surface area contributed by atoms with Gasteiger partial charge in [0.2, 0.25) is 0 Å². The molecule has 21 aromatic carbocycles. The monoisotopic (exact) mass is 1450 g/mol. The lowest BCUT2D eigenvalue weighted by atomic mass is 9.80. The minimum Gasteiger partial charge on any atom is -0.0622 e. The first-order valence-corrected chi connectivity index (χ1v) is 40.1. The van der Waals surface area contributed by atoms with E-state index in [1.165, 1.54) is 230 Å². The van der Waals surface area contributed by atoms with Crippen LogP contribution in [0.15, 0.2) is 400 Å². The summed E-state index contributed by atoms with van der Waals surface area (Å²) >= 11 is 0. The van der Waals surface area contributed by atoms with E-state index in [4.69, 9.17) is 0 Å². The predicted octanol–water partition coefficient (Wildman–Crippen LogP) is 31.7. The maximum atomic E-state index is 2.49. The Kier molecular flexibility index (Phi) is 15.4. The van der Waals surface area contributed by atoms with Crippen LogP contribution in [0.3, 0.4) is 0 Å². The van der Waals surface area contributed by atoms with Gasteiger partial charge in [-0.25, -0.2) is 0 Å². The third-order valence-corrected chi connectivity index (χ3v) is 25.5. The molecule has 0 saturated heterocycles. The molecule has 534 valence electrons. The van der Waals surface area contributed by atoms with Crippen LogP contribution in [-0.2, 0) is 10.8 Å². The van der Waals surface area contributed by atoms with Gasteiger partial charge in [-0.3, -0.25) is 0 Å². The molecule has 0 atom stereocenters. The van der Waals surface area contributed by atoms with Crippen molar-refractivity contribution in [2.75, 3.05) is 0 Å². The van der Waals surface area contributed by atoms with Gasteiger partial charge in [0.15, 0.2) is 0 Å². The van der Waals surface area contributed by atoms with Crippen molar-refractivity contribution in [3.05, 3.63) is 423 Å². The van der Waals surface area contributed by atoms with Gasteiger partial charge in [-0.15, -0.1) is 0 Å². The van der Waals surface area contributed by atoms with E-state index in [0.717, 1.165) is 0 Å². The lowest BCUT2D eigenvalue weighted by Crippen LogP contribution is -2.14. The van der Waals surface area contributed by atoms with E-state index in [0.29, 0.717) is 0 Å². The molecule has 114 heavy (non-hydrogen) atoms. The van der Waals surface area contributed by atoms with Crippen molar-refractivity contribution in [2.45, 2.75) is 38.5 Å². The first kappa shape index (κ1) is 66.9. The largest absolute Gasteiger partial charge is 0.0622 e. The second-order valence-electron chi connectivity index (χ2n) is 32.4. The first-order valence-electron chi connectivity index (χ1n) is 40.1. The Morgan fingerprint density at radius 2 is 0.465 bits per heavy atom. The average molecular weight is 1450 g/mol. The van der Waals surface area contributed by atoms with Gasteiger partial charge in [0.1, 0.15) is 0 Å². The van der Waals surface area contributed by atoms with Gasteiger partial charge >= 0.3 is 0 Å². The highest BCUT2D eigenvalue weighted by Crippen LogP contribution is 2.55. The van der Waals surface area contributed by atoms with E-state index in [1.807, 2.05) is 0 Å². The van der Waals surface area contributed by atoms with E-state index in [9.17, 15) is 0 Å². The number of rotatable bonds is 8. The van der Waals surface area contributed by atoms with Crippen molar-refractivity contribution in [1.82, 2.24) is 0 Å². The van der Waals surface area contributed by atoms with Gasteiger partial charge in [0, 0.05) is 10.8 Å². The second kappa shape index (κ2) is 26.3. The Hall–Kier alpha value is -14.0. The Morgan fingerprint density at radius 1 is 0.132 bits per heavy atom. The van der Waals surface area contributed by atoms with Crippen molar-refractivity contribution in [2.24, 2.45) is 0 Å². The van der Waals surface area contributed by atoms with E-state index >= 15 is 0 Å². The minimum absolute atomic E-state index is 0.0902. The molecule has 0 saturated carbocycles. The highest BCUT2D eigenvalue weighted by molar-refractivity contribution is 6.25.